The second kappa shape index (κ2) is 7.04. The van der Waals surface area contributed by atoms with Crippen molar-refractivity contribution in [2.75, 3.05) is 19.7 Å². The first-order chi connectivity index (χ1) is 6.69. The van der Waals surface area contributed by atoms with E-state index in [2.05, 4.69) is 4.90 Å². The Morgan fingerprint density at radius 2 is 2.27 bits per heavy atom. The Bertz CT molecular complexity index is 202. The molecule has 1 fully saturated rings. The molecule has 1 aliphatic rings. The third kappa shape index (κ3) is 3.97. The summed E-state index contributed by atoms with van der Waals surface area (Å²) in [6.45, 7) is 6.02. The van der Waals surface area contributed by atoms with Gasteiger partial charge in [-0.1, -0.05) is 6.92 Å². The fourth-order valence-electron chi connectivity index (χ4n) is 1.91. The van der Waals surface area contributed by atoms with Gasteiger partial charge >= 0.3 is 5.97 Å². The minimum Gasteiger partial charge on any atom is -0.465 e. The van der Waals surface area contributed by atoms with Gasteiger partial charge in [-0.2, -0.15) is 0 Å². The Hall–Kier alpha value is -0.320. The van der Waals surface area contributed by atoms with Gasteiger partial charge in [0, 0.05) is 19.1 Å². The number of likely N-dealkylation sites (tertiary alicyclic amines) is 1. The van der Waals surface area contributed by atoms with Crippen LogP contribution in [0, 0.1) is 0 Å². The number of ether oxygens (including phenoxy) is 1. The summed E-state index contributed by atoms with van der Waals surface area (Å²) in [5, 5.41) is 0. The molecule has 0 radical (unpaired) electrons. The lowest BCUT2D eigenvalue weighted by Crippen LogP contribution is -2.41. The van der Waals surface area contributed by atoms with E-state index in [4.69, 9.17) is 10.5 Å². The van der Waals surface area contributed by atoms with Gasteiger partial charge in [-0.3, -0.25) is 9.69 Å². The van der Waals surface area contributed by atoms with Crippen LogP contribution in [0.25, 0.3) is 0 Å². The summed E-state index contributed by atoms with van der Waals surface area (Å²) in [6.07, 6.45) is 1.78. The van der Waals surface area contributed by atoms with Crippen LogP contribution in [-0.2, 0) is 9.53 Å². The largest absolute Gasteiger partial charge is 0.465 e. The molecule has 0 bridgehead atoms. The van der Waals surface area contributed by atoms with E-state index in [1.165, 1.54) is 0 Å². The Labute approximate surface area is 97.5 Å². The number of rotatable bonds is 4. The second-order valence-corrected chi connectivity index (χ2v) is 3.72. The van der Waals surface area contributed by atoms with E-state index in [1.54, 1.807) is 0 Å². The number of halogens is 1. The van der Waals surface area contributed by atoms with E-state index in [0.717, 1.165) is 25.9 Å². The second-order valence-electron chi connectivity index (χ2n) is 3.72. The Kier molecular flexibility index (Phi) is 6.89. The van der Waals surface area contributed by atoms with E-state index in [0.29, 0.717) is 6.61 Å². The first-order valence-electron chi connectivity index (χ1n) is 5.35. The number of nitrogens with two attached hydrogens (primary N) is 1. The van der Waals surface area contributed by atoms with E-state index in [9.17, 15) is 4.79 Å². The van der Waals surface area contributed by atoms with Gasteiger partial charge in [0.1, 0.15) is 6.04 Å². The molecule has 1 rings (SSSR count). The molecule has 0 spiro atoms. The molecular formula is C10H21ClN2O2. The van der Waals surface area contributed by atoms with Crippen molar-refractivity contribution in [3.8, 4) is 0 Å². The summed E-state index contributed by atoms with van der Waals surface area (Å²) in [4.78, 5) is 13.7. The average Bonchev–Trinajstić information content (AvgIpc) is 2.54. The summed E-state index contributed by atoms with van der Waals surface area (Å²) in [6, 6.07) is 0.127. The molecule has 1 heterocycles. The quantitative estimate of drug-likeness (QED) is 0.734. The minimum atomic E-state index is -0.107. The van der Waals surface area contributed by atoms with Crippen molar-refractivity contribution in [2.24, 2.45) is 5.73 Å². The van der Waals surface area contributed by atoms with E-state index >= 15 is 0 Å². The Morgan fingerprint density at radius 3 is 2.67 bits per heavy atom. The highest BCUT2D eigenvalue weighted by atomic mass is 35.5. The molecule has 4 nitrogen and oxygen atoms in total. The highest BCUT2D eigenvalue weighted by Gasteiger charge is 2.30. The summed E-state index contributed by atoms with van der Waals surface area (Å²) in [7, 11) is 0. The number of hydrogen-bond acceptors (Lipinski definition) is 4. The number of carbonyl (C=O) groups excluding carboxylic acids is 1. The first kappa shape index (κ1) is 14.7. The Balaban J connectivity index is 0.00000196. The minimum absolute atomic E-state index is 0. The third-order valence-corrected chi connectivity index (χ3v) is 2.64. The lowest BCUT2D eigenvalue weighted by atomic mass is 10.2. The fraction of sp³-hybridized carbons (Fsp3) is 0.900. The van der Waals surface area contributed by atoms with Gasteiger partial charge < -0.3 is 10.5 Å². The number of hydrogen-bond donors (Lipinski definition) is 1. The smallest absolute Gasteiger partial charge is 0.323 e. The Morgan fingerprint density at radius 1 is 1.60 bits per heavy atom. The van der Waals surface area contributed by atoms with E-state index in [-0.39, 0.29) is 30.5 Å². The average molecular weight is 237 g/mol. The van der Waals surface area contributed by atoms with Crippen molar-refractivity contribution in [2.45, 2.75) is 38.8 Å². The molecule has 90 valence electrons. The van der Waals surface area contributed by atoms with Crippen LogP contribution in [0.15, 0.2) is 0 Å². The summed E-state index contributed by atoms with van der Waals surface area (Å²) in [5.74, 6) is -0.107. The molecule has 0 saturated carbocycles. The van der Waals surface area contributed by atoms with Crippen molar-refractivity contribution >= 4 is 18.4 Å². The van der Waals surface area contributed by atoms with Crippen LogP contribution in [-0.4, -0.2) is 42.6 Å². The maximum absolute atomic E-state index is 11.6. The van der Waals surface area contributed by atoms with E-state index < -0.39 is 0 Å². The lowest BCUT2D eigenvalue weighted by molar-refractivity contribution is -0.149. The highest BCUT2D eigenvalue weighted by Crippen LogP contribution is 2.14. The van der Waals surface area contributed by atoms with Crippen molar-refractivity contribution < 1.29 is 9.53 Å². The zero-order valence-corrected chi connectivity index (χ0v) is 10.3. The molecule has 0 amide bonds. The lowest BCUT2D eigenvalue weighted by Gasteiger charge is -2.24. The van der Waals surface area contributed by atoms with Crippen LogP contribution in [0.3, 0.4) is 0 Å². The highest BCUT2D eigenvalue weighted by molar-refractivity contribution is 5.85. The van der Waals surface area contributed by atoms with Gasteiger partial charge in [-0.25, -0.2) is 0 Å². The predicted molar refractivity (Wildman–Crippen MR) is 62.1 cm³/mol. The molecular weight excluding hydrogens is 216 g/mol. The first-order valence-corrected chi connectivity index (χ1v) is 5.35. The van der Waals surface area contributed by atoms with Crippen molar-refractivity contribution in [3.05, 3.63) is 0 Å². The van der Waals surface area contributed by atoms with Gasteiger partial charge in [-0.15, -0.1) is 12.4 Å². The van der Waals surface area contributed by atoms with Crippen molar-refractivity contribution in [1.82, 2.24) is 4.90 Å². The number of nitrogens with zero attached hydrogens (tertiary/aromatic N) is 1. The van der Waals surface area contributed by atoms with Gasteiger partial charge in [0.2, 0.25) is 0 Å². The fourth-order valence-corrected chi connectivity index (χ4v) is 1.91. The van der Waals surface area contributed by atoms with Crippen molar-refractivity contribution in [1.29, 1.82) is 0 Å². The van der Waals surface area contributed by atoms with E-state index in [1.807, 2.05) is 13.8 Å². The molecule has 1 aliphatic heterocycles. The predicted octanol–water partition coefficient (Wildman–Crippen LogP) is 0.783. The number of carbonyl (C=O) groups is 1. The maximum atomic E-state index is 11.6. The maximum Gasteiger partial charge on any atom is 0.323 e. The normalized spacial score (nSPS) is 23.3. The van der Waals surface area contributed by atoms with Gasteiger partial charge in [0.15, 0.2) is 0 Å². The molecule has 15 heavy (non-hydrogen) atoms. The van der Waals surface area contributed by atoms with Gasteiger partial charge in [0.25, 0.3) is 0 Å². The zero-order valence-electron chi connectivity index (χ0n) is 9.44. The SMILES string of the molecule is CCOC(=O)C(CC)N1CCC(N)C1.Cl. The molecule has 5 heteroatoms. The topological polar surface area (TPSA) is 55.6 Å². The summed E-state index contributed by atoms with van der Waals surface area (Å²) < 4.78 is 5.02. The molecule has 2 atom stereocenters. The monoisotopic (exact) mass is 236 g/mol. The molecule has 1 saturated heterocycles. The molecule has 0 aromatic rings. The number of esters is 1. The van der Waals surface area contributed by atoms with Crippen LogP contribution in [0.4, 0.5) is 0 Å². The summed E-state index contributed by atoms with van der Waals surface area (Å²) in [5.41, 5.74) is 5.80. The molecule has 0 aromatic carbocycles. The molecule has 0 aliphatic carbocycles. The van der Waals surface area contributed by atoms with Crippen LogP contribution < -0.4 is 5.73 Å². The van der Waals surface area contributed by atoms with Crippen molar-refractivity contribution in [3.63, 3.8) is 0 Å². The standard InChI is InChI=1S/C10H20N2O2.ClH/c1-3-9(10(13)14-4-2)12-6-5-8(11)7-12;/h8-9H,3-7,11H2,1-2H3;1H. The summed E-state index contributed by atoms with van der Waals surface area (Å²) >= 11 is 0. The van der Waals surface area contributed by atoms with Crippen LogP contribution in [0.2, 0.25) is 0 Å². The van der Waals surface area contributed by atoms with Crippen LogP contribution in [0.5, 0.6) is 0 Å². The molecule has 2 N–H and O–H groups in total. The molecule has 2 unspecified atom stereocenters. The molecule has 0 aromatic heterocycles. The van der Waals surface area contributed by atoms with Crippen LogP contribution >= 0.6 is 12.4 Å². The van der Waals surface area contributed by atoms with Gasteiger partial charge in [-0.05, 0) is 19.8 Å². The zero-order chi connectivity index (χ0) is 10.6. The third-order valence-electron chi connectivity index (χ3n) is 2.64. The van der Waals surface area contributed by atoms with Gasteiger partial charge in [0.05, 0.1) is 6.61 Å². The van der Waals surface area contributed by atoms with Crippen LogP contribution in [0.1, 0.15) is 26.7 Å².